The largest absolute Gasteiger partial charge is 0.506 e. The van der Waals surface area contributed by atoms with Crippen molar-refractivity contribution in [2.24, 2.45) is 5.92 Å². The number of aromatic hydroxyl groups is 2. The molecule has 0 saturated heterocycles. The zero-order valence-corrected chi connectivity index (χ0v) is 29.9. The number of ketones is 1. The van der Waals surface area contributed by atoms with Gasteiger partial charge in [0.05, 0.1) is 21.2 Å². The van der Waals surface area contributed by atoms with Gasteiger partial charge in [-0.15, -0.1) is 0 Å². The van der Waals surface area contributed by atoms with Crippen LogP contribution in [0.1, 0.15) is 78.8 Å². The molecule has 0 spiro atoms. The standard InChI is InChI=1S/C38H38F6N2O6S/c1-5-7-23(4)45-30-18-16-28(20-32(30)47)53(51,52)29-17-19-31(33(48)21-29)46-35(50)25-10-14-27(15-11-25)36(37(39,40)41,38(42,43)44)26-12-8-24(9-13-26)34(49)22(3)6-2/h8-23,45,47-48H,5-7H2,1-4H3,(H,46,50). The summed E-state index contributed by atoms with van der Waals surface area (Å²) in [5.41, 5.74) is -7.34. The number of amides is 1. The lowest BCUT2D eigenvalue weighted by atomic mass is 9.72. The van der Waals surface area contributed by atoms with Gasteiger partial charge in [-0.3, -0.25) is 9.59 Å². The highest BCUT2D eigenvalue weighted by Crippen LogP contribution is 2.56. The fourth-order valence-electron chi connectivity index (χ4n) is 5.89. The first-order chi connectivity index (χ1) is 24.7. The van der Waals surface area contributed by atoms with E-state index in [0.29, 0.717) is 36.4 Å². The fraction of sp³-hybridized carbons (Fsp3) is 0.316. The van der Waals surface area contributed by atoms with Crippen LogP contribution in [0.15, 0.2) is 94.7 Å². The number of hydrogen-bond acceptors (Lipinski definition) is 7. The monoisotopic (exact) mass is 764 g/mol. The third-order valence-electron chi connectivity index (χ3n) is 9.02. The van der Waals surface area contributed by atoms with Gasteiger partial charge >= 0.3 is 12.4 Å². The van der Waals surface area contributed by atoms with Gasteiger partial charge in [0, 0.05) is 35.2 Å². The maximum absolute atomic E-state index is 14.7. The number of alkyl halides is 6. The summed E-state index contributed by atoms with van der Waals surface area (Å²) in [5.74, 6) is -3.00. The second-order valence-corrected chi connectivity index (χ2v) is 14.7. The van der Waals surface area contributed by atoms with Crippen LogP contribution in [0.2, 0.25) is 0 Å². The van der Waals surface area contributed by atoms with Crippen LogP contribution in [0.4, 0.5) is 37.7 Å². The molecule has 4 N–H and O–H groups in total. The van der Waals surface area contributed by atoms with Crippen LogP contribution in [0.25, 0.3) is 0 Å². The van der Waals surface area contributed by atoms with E-state index in [1.807, 2.05) is 13.8 Å². The molecule has 4 aromatic rings. The minimum atomic E-state index is -5.91. The molecule has 0 heterocycles. The van der Waals surface area contributed by atoms with Gasteiger partial charge in [0.15, 0.2) is 5.78 Å². The third-order valence-corrected chi connectivity index (χ3v) is 10.8. The van der Waals surface area contributed by atoms with E-state index < -0.39 is 67.0 Å². The van der Waals surface area contributed by atoms with Crippen molar-refractivity contribution >= 4 is 32.9 Å². The van der Waals surface area contributed by atoms with Gasteiger partial charge in [-0.25, -0.2) is 8.42 Å². The maximum atomic E-state index is 14.7. The van der Waals surface area contributed by atoms with Crippen molar-refractivity contribution in [1.82, 2.24) is 0 Å². The number of halogens is 6. The minimum absolute atomic E-state index is 0.00977. The molecular formula is C38H38F6N2O6S. The summed E-state index contributed by atoms with van der Waals surface area (Å²) in [7, 11) is -4.28. The lowest BCUT2D eigenvalue weighted by Gasteiger charge is -2.38. The average Bonchev–Trinajstić information content (AvgIpc) is 3.09. The molecule has 4 aromatic carbocycles. The van der Waals surface area contributed by atoms with Gasteiger partial charge in [0.2, 0.25) is 15.3 Å². The van der Waals surface area contributed by atoms with E-state index in [0.717, 1.165) is 61.4 Å². The topological polar surface area (TPSA) is 133 Å². The van der Waals surface area contributed by atoms with E-state index in [1.165, 1.54) is 12.1 Å². The van der Waals surface area contributed by atoms with Crippen LogP contribution in [0, 0.1) is 5.92 Å². The van der Waals surface area contributed by atoms with Gasteiger partial charge in [-0.1, -0.05) is 63.6 Å². The SMILES string of the molecule is CCCC(C)Nc1ccc(S(=O)(=O)c2ccc(NC(=O)c3ccc(C(c4ccc(C(=O)C(C)CC)cc4)(C(F)(F)F)C(F)(F)F)cc3)c(O)c2)cc1O. The fourth-order valence-corrected chi connectivity index (χ4v) is 7.19. The first-order valence-electron chi connectivity index (χ1n) is 16.6. The number of sulfone groups is 1. The summed E-state index contributed by atoms with van der Waals surface area (Å²) in [6.07, 6.45) is -9.70. The predicted molar refractivity (Wildman–Crippen MR) is 187 cm³/mol. The minimum Gasteiger partial charge on any atom is -0.506 e. The normalized spacial score (nSPS) is 13.6. The Labute approximate surface area is 302 Å². The van der Waals surface area contributed by atoms with Gasteiger partial charge < -0.3 is 20.8 Å². The molecule has 2 unspecified atom stereocenters. The Bertz CT molecular complexity index is 2050. The Balaban J connectivity index is 1.60. The first-order valence-corrected chi connectivity index (χ1v) is 18.0. The van der Waals surface area contributed by atoms with Crippen LogP contribution in [-0.2, 0) is 15.3 Å². The van der Waals surface area contributed by atoms with Gasteiger partial charge in [-0.2, -0.15) is 26.3 Å². The molecule has 0 bridgehead atoms. The van der Waals surface area contributed by atoms with E-state index in [9.17, 15) is 54.6 Å². The van der Waals surface area contributed by atoms with Gasteiger partial charge in [0.25, 0.3) is 5.91 Å². The number of phenolic OH excluding ortho intramolecular Hbond substituents is 2. The number of carbonyl (C=O) groups excluding carboxylic acids is 2. The molecule has 0 aliphatic heterocycles. The van der Waals surface area contributed by atoms with Crippen molar-refractivity contribution in [3.63, 3.8) is 0 Å². The molecule has 0 aliphatic rings. The lowest BCUT2D eigenvalue weighted by molar-refractivity contribution is -0.288. The van der Waals surface area contributed by atoms with Crippen LogP contribution in [0.5, 0.6) is 11.5 Å². The van der Waals surface area contributed by atoms with E-state index >= 15 is 0 Å². The Morgan fingerprint density at radius 2 is 1.15 bits per heavy atom. The van der Waals surface area contributed by atoms with Crippen LogP contribution in [-0.4, -0.2) is 48.7 Å². The van der Waals surface area contributed by atoms with Crippen LogP contribution in [0.3, 0.4) is 0 Å². The van der Waals surface area contributed by atoms with Crippen molar-refractivity contribution in [3.05, 3.63) is 107 Å². The number of nitrogens with one attached hydrogen (secondary N) is 2. The molecule has 0 fully saturated rings. The highest BCUT2D eigenvalue weighted by molar-refractivity contribution is 7.91. The third kappa shape index (κ3) is 8.14. The number of hydrogen-bond donors (Lipinski definition) is 4. The summed E-state index contributed by atoms with van der Waals surface area (Å²) in [5, 5.41) is 26.4. The lowest BCUT2D eigenvalue weighted by Crippen LogP contribution is -2.54. The average molecular weight is 765 g/mol. The first kappa shape index (κ1) is 40.7. The van der Waals surface area contributed by atoms with E-state index in [4.69, 9.17) is 0 Å². The molecule has 0 aliphatic carbocycles. The van der Waals surface area contributed by atoms with Crippen molar-refractivity contribution in [3.8, 4) is 11.5 Å². The molecule has 4 rings (SSSR count). The van der Waals surface area contributed by atoms with Crippen molar-refractivity contribution in [1.29, 1.82) is 0 Å². The molecule has 284 valence electrons. The molecule has 0 aromatic heterocycles. The Morgan fingerprint density at radius 1 is 0.698 bits per heavy atom. The number of rotatable bonds is 13. The Hall–Kier alpha value is -5.05. The highest BCUT2D eigenvalue weighted by Gasteiger charge is 2.72. The smallest absolute Gasteiger partial charge is 0.411 e. The maximum Gasteiger partial charge on any atom is 0.411 e. The summed E-state index contributed by atoms with van der Waals surface area (Å²) in [6.45, 7) is 7.20. The van der Waals surface area contributed by atoms with Crippen LogP contribution < -0.4 is 10.6 Å². The number of carbonyl (C=O) groups is 2. The molecule has 0 saturated carbocycles. The molecule has 53 heavy (non-hydrogen) atoms. The van der Waals surface area contributed by atoms with Gasteiger partial charge in [0.1, 0.15) is 11.5 Å². The summed E-state index contributed by atoms with van der Waals surface area (Å²) in [4.78, 5) is 24.8. The molecule has 2 atom stereocenters. The predicted octanol–water partition coefficient (Wildman–Crippen LogP) is 9.42. The highest BCUT2D eigenvalue weighted by atomic mass is 32.2. The number of Topliss-reactive ketones (excluding diaryl/α,β-unsaturated/α-hetero) is 1. The molecule has 1 amide bonds. The Morgan fingerprint density at radius 3 is 1.57 bits per heavy atom. The quantitative estimate of drug-likeness (QED) is 0.0606. The number of phenols is 2. The zero-order valence-electron chi connectivity index (χ0n) is 29.1. The van der Waals surface area contributed by atoms with Crippen molar-refractivity contribution in [2.75, 3.05) is 10.6 Å². The van der Waals surface area contributed by atoms with E-state index in [2.05, 4.69) is 10.6 Å². The Kier molecular flexibility index (Phi) is 11.9. The molecule has 8 nitrogen and oxygen atoms in total. The van der Waals surface area contributed by atoms with Crippen molar-refractivity contribution < 1.29 is 54.6 Å². The number of benzene rings is 4. The zero-order chi connectivity index (χ0) is 39.5. The molecule has 0 radical (unpaired) electrons. The summed E-state index contributed by atoms with van der Waals surface area (Å²) in [6, 6.07) is 12.3. The summed E-state index contributed by atoms with van der Waals surface area (Å²) >= 11 is 0. The second-order valence-electron chi connectivity index (χ2n) is 12.7. The number of anilines is 2. The van der Waals surface area contributed by atoms with E-state index in [1.54, 1.807) is 13.8 Å². The molecule has 15 heteroatoms. The second kappa shape index (κ2) is 15.5. The van der Waals surface area contributed by atoms with Crippen LogP contribution >= 0.6 is 0 Å². The van der Waals surface area contributed by atoms with Gasteiger partial charge in [-0.05, 0) is 67.3 Å². The van der Waals surface area contributed by atoms with E-state index in [-0.39, 0.29) is 33.5 Å². The summed E-state index contributed by atoms with van der Waals surface area (Å²) < 4.78 is 114. The molecular weight excluding hydrogens is 726 g/mol. The van der Waals surface area contributed by atoms with Crippen molar-refractivity contribution in [2.45, 2.75) is 80.6 Å².